The van der Waals surface area contributed by atoms with E-state index < -0.39 is 0 Å². The van der Waals surface area contributed by atoms with Crippen molar-refractivity contribution in [2.75, 3.05) is 25.0 Å². The number of nitriles is 1. The van der Waals surface area contributed by atoms with Crippen molar-refractivity contribution >= 4 is 22.8 Å². The SMILES string of the molecule is CN(C(=O)c1cnc2ccccc2n1)C1CN(c2nccnc2C#N)C1. The molecule has 1 aliphatic rings. The van der Waals surface area contributed by atoms with Crippen LogP contribution in [0.2, 0.25) is 0 Å². The average Bonchev–Trinajstić information content (AvgIpc) is 2.66. The Hall–Kier alpha value is -3.60. The van der Waals surface area contributed by atoms with Gasteiger partial charge in [0.1, 0.15) is 11.8 Å². The minimum absolute atomic E-state index is 0.0179. The maximum absolute atomic E-state index is 12.7. The molecular formula is C18H15N7O. The standard InChI is InChI=1S/C18H15N7O/c1-24(12-10-25(11-12)17-15(8-19)20-6-7-21-17)18(26)16-9-22-13-4-2-3-5-14(13)23-16/h2-7,9,12H,10-11H2,1H3. The van der Waals surface area contributed by atoms with E-state index in [0.29, 0.717) is 35.8 Å². The van der Waals surface area contributed by atoms with E-state index in [2.05, 4.69) is 19.9 Å². The Labute approximate surface area is 149 Å². The van der Waals surface area contributed by atoms with Gasteiger partial charge in [-0.15, -0.1) is 0 Å². The van der Waals surface area contributed by atoms with E-state index in [-0.39, 0.29) is 11.9 Å². The van der Waals surface area contributed by atoms with Crippen molar-refractivity contribution in [3.8, 4) is 6.07 Å². The maximum atomic E-state index is 12.7. The van der Waals surface area contributed by atoms with Crippen LogP contribution in [0.25, 0.3) is 11.0 Å². The molecule has 1 aliphatic heterocycles. The van der Waals surface area contributed by atoms with Gasteiger partial charge in [-0.1, -0.05) is 12.1 Å². The highest BCUT2D eigenvalue weighted by Gasteiger charge is 2.35. The summed E-state index contributed by atoms with van der Waals surface area (Å²) in [5.41, 5.74) is 2.07. The third-order valence-electron chi connectivity index (χ3n) is 4.48. The molecule has 0 saturated carbocycles. The molecule has 0 atom stereocenters. The molecule has 1 fully saturated rings. The highest BCUT2D eigenvalue weighted by Crippen LogP contribution is 2.24. The van der Waals surface area contributed by atoms with Crippen LogP contribution < -0.4 is 4.90 Å². The summed E-state index contributed by atoms with van der Waals surface area (Å²) in [5.74, 6) is 0.380. The summed E-state index contributed by atoms with van der Waals surface area (Å²) in [4.78, 5) is 33.3. The molecule has 0 radical (unpaired) electrons. The second kappa shape index (κ2) is 6.37. The van der Waals surface area contributed by atoms with Gasteiger partial charge >= 0.3 is 0 Å². The summed E-state index contributed by atoms with van der Waals surface area (Å²) < 4.78 is 0. The summed E-state index contributed by atoms with van der Waals surface area (Å²) in [6, 6.07) is 9.50. The number of aromatic nitrogens is 4. The molecule has 3 aromatic rings. The van der Waals surface area contributed by atoms with Gasteiger partial charge in [-0.05, 0) is 12.1 Å². The largest absolute Gasteiger partial charge is 0.350 e. The number of likely N-dealkylation sites (N-methyl/N-ethyl adjacent to an activating group) is 1. The van der Waals surface area contributed by atoms with Gasteiger partial charge in [0.15, 0.2) is 11.5 Å². The molecule has 8 nitrogen and oxygen atoms in total. The fraction of sp³-hybridized carbons (Fsp3) is 0.222. The number of anilines is 1. The summed E-state index contributed by atoms with van der Waals surface area (Å²) in [5, 5.41) is 9.13. The first-order valence-corrected chi connectivity index (χ1v) is 8.12. The molecule has 3 heterocycles. The average molecular weight is 345 g/mol. The van der Waals surface area contributed by atoms with Crippen LogP contribution in [-0.4, -0.2) is 56.9 Å². The smallest absolute Gasteiger partial charge is 0.274 e. The number of fused-ring (bicyclic) bond motifs is 1. The number of amides is 1. The topological polar surface area (TPSA) is 98.9 Å². The van der Waals surface area contributed by atoms with E-state index in [1.54, 1.807) is 18.1 Å². The van der Waals surface area contributed by atoms with Crippen LogP contribution in [0, 0.1) is 11.3 Å². The Morgan fingerprint density at radius 1 is 1.19 bits per heavy atom. The van der Waals surface area contributed by atoms with E-state index in [1.165, 1.54) is 12.4 Å². The molecule has 2 aromatic heterocycles. The quantitative estimate of drug-likeness (QED) is 0.704. The van der Waals surface area contributed by atoms with Crippen LogP contribution >= 0.6 is 0 Å². The number of carbonyl (C=O) groups is 1. The van der Waals surface area contributed by atoms with Gasteiger partial charge in [0, 0.05) is 32.5 Å². The summed E-state index contributed by atoms with van der Waals surface area (Å²) in [6.45, 7) is 1.19. The highest BCUT2D eigenvalue weighted by atomic mass is 16.2. The number of hydrogen-bond donors (Lipinski definition) is 0. The second-order valence-corrected chi connectivity index (χ2v) is 6.06. The van der Waals surface area contributed by atoms with E-state index in [9.17, 15) is 4.79 Å². The van der Waals surface area contributed by atoms with Gasteiger partial charge in [-0.3, -0.25) is 9.78 Å². The number of carbonyl (C=O) groups excluding carboxylic acids is 1. The summed E-state index contributed by atoms with van der Waals surface area (Å²) in [6.07, 6.45) is 4.56. The summed E-state index contributed by atoms with van der Waals surface area (Å²) >= 11 is 0. The lowest BCUT2D eigenvalue weighted by Gasteiger charge is -2.44. The van der Waals surface area contributed by atoms with Crippen molar-refractivity contribution in [1.82, 2.24) is 24.8 Å². The van der Waals surface area contributed by atoms with Crippen molar-refractivity contribution in [3.63, 3.8) is 0 Å². The lowest BCUT2D eigenvalue weighted by Crippen LogP contribution is -2.60. The number of nitrogens with zero attached hydrogens (tertiary/aromatic N) is 7. The molecule has 0 spiro atoms. The molecule has 128 valence electrons. The van der Waals surface area contributed by atoms with Crippen LogP contribution in [0.3, 0.4) is 0 Å². The number of para-hydroxylation sites is 2. The Morgan fingerprint density at radius 3 is 2.69 bits per heavy atom. The molecule has 1 saturated heterocycles. The van der Waals surface area contributed by atoms with Crippen LogP contribution in [0.5, 0.6) is 0 Å². The summed E-state index contributed by atoms with van der Waals surface area (Å²) in [7, 11) is 1.75. The van der Waals surface area contributed by atoms with Crippen molar-refractivity contribution < 1.29 is 4.79 Å². The molecule has 0 N–H and O–H groups in total. The van der Waals surface area contributed by atoms with Gasteiger partial charge in [0.05, 0.1) is 23.3 Å². The zero-order valence-corrected chi connectivity index (χ0v) is 14.1. The minimum atomic E-state index is -0.174. The predicted molar refractivity (Wildman–Crippen MR) is 94.4 cm³/mol. The zero-order valence-electron chi connectivity index (χ0n) is 14.1. The van der Waals surface area contributed by atoms with Crippen LogP contribution in [0.15, 0.2) is 42.9 Å². The van der Waals surface area contributed by atoms with Crippen molar-refractivity contribution in [2.45, 2.75) is 6.04 Å². The first-order chi connectivity index (χ1) is 12.7. The van der Waals surface area contributed by atoms with Crippen molar-refractivity contribution in [1.29, 1.82) is 5.26 Å². The Bertz CT molecular complexity index is 1020. The molecule has 4 rings (SSSR count). The highest BCUT2D eigenvalue weighted by molar-refractivity contribution is 5.94. The Morgan fingerprint density at radius 2 is 1.92 bits per heavy atom. The first kappa shape index (κ1) is 15.9. The van der Waals surface area contributed by atoms with Gasteiger partial charge in [0.2, 0.25) is 0 Å². The van der Waals surface area contributed by atoms with Crippen molar-refractivity contribution in [2.24, 2.45) is 0 Å². The van der Waals surface area contributed by atoms with Gasteiger partial charge < -0.3 is 9.80 Å². The lowest BCUT2D eigenvalue weighted by atomic mass is 10.1. The van der Waals surface area contributed by atoms with E-state index in [4.69, 9.17) is 5.26 Å². The molecule has 0 aliphatic carbocycles. The monoisotopic (exact) mass is 345 g/mol. The first-order valence-electron chi connectivity index (χ1n) is 8.12. The number of rotatable bonds is 3. The molecule has 1 aromatic carbocycles. The second-order valence-electron chi connectivity index (χ2n) is 6.06. The molecule has 26 heavy (non-hydrogen) atoms. The third kappa shape index (κ3) is 2.69. The van der Waals surface area contributed by atoms with Crippen LogP contribution in [0.1, 0.15) is 16.2 Å². The fourth-order valence-electron chi connectivity index (χ4n) is 2.92. The lowest BCUT2D eigenvalue weighted by molar-refractivity contribution is 0.0699. The molecule has 0 bridgehead atoms. The van der Waals surface area contributed by atoms with Gasteiger partial charge in [0.25, 0.3) is 5.91 Å². The van der Waals surface area contributed by atoms with E-state index >= 15 is 0 Å². The predicted octanol–water partition coefficient (Wildman–Crippen LogP) is 1.25. The van der Waals surface area contributed by atoms with Crippen LogP contribution in [-0.2, 0) is 0 Å². The Kier molecular flexibility index (Phi) is 3.89. The molecule has 1 amide bonds. The molecule has 8 heteroatoms. The normalized spacial score (nSPS) is 13.9. The van der Waals surface area contributed by atoms with Gasteiger partial charge in [-0.2, -0.15) is 5.26 Å². The van der Waals surface area contributed by atoms with E-state index in [1.807, 2.05) is 35.2 Å². The van der Waals surface area contributed by atoms with Gasteiger partial charge in [-0.25, -0.2) is 15.0 Å². The third-order valence-corrected chi connectivity index (χ3v) is 4.48. The zero-order chi connectivity index (χ0) is 18.1. The maximum Gasteiger partial charge on any atom is 0.274 e. The molecule has 0 unspecified atom stereocenters. The fourth-order valence-corrected chi connectivity index (χ4v) is 2.92. The molecular weight excluding hydrogens is 330 g/mol. The van der Waals surface area contributed by atoms with Crippen molar-refractivity contribution in [3.05, 3.63) is 54.2 Å². The number of benzene rings is 1. The number of hydrogen-bond acceptors (Lipinski definition) is 7. The van der Waals surface area contributed by atoms with Crippen LogP contribution in [0.4, 0.5) is 5.82 Å². The van der Waals surface area contributed by atoms with E-state index in [0.717, 1.165) is 5.52 Å². The Balaban J connectivity index is 1.47. The minimum Gasteiger partial charge on any atom is -0.350 e.